The van der Waals surface area contributed by atoms with Crippen LogP contribution in [0.4, 0.5) is 0 Å². The summed E-state index contributed by atoms with van der Waals surface area (Å²) in [5.41, 5.74) is 2.85. The second-order valence-corrected chi connectivity index (χ2v) is 6.01. The largest absolute Gasteiger partial charge is 0.379 e. The Morgan fingerprint density at radius 3 is 2.78 bits per heavy atom. The number of hydrogen-bond acceptors (Lipinski definition) is 5. The first-order chi connectivity index (χ1) is 11.1. The van der Waals surface area contributed by atoms with Gasteiger partial charge in [-0.15, -0.1) is 0 Å². The van der Waals surface area contributed by atoms with Crippen LogP contribution in [0.2, 0.25) is 0 Å². The Labute approximate surface area is 135 Å². The van der Waals surface area contributed by atoms with Gasteiger partial charge in [-0.2, -0.15) is 0 Å². The van der Waals surface area contributed by atoms with E-state index in [1.807, 2.05) is 26.0 Å². The van der Waals surface area contributed by atoms with E-state index in [-0.39, 0.29) is 17.9 Å². The third-order valence-electron chi connectivity index (χ3n) is 4.31. The van der Waals surface area contributed by atoms with E-state index in [2.05, 4.69) is 15.5 Å². The van der Waals surface area contributed by atoms with Crippen LogP contribution in [0.1, 0.15) is 22.6 Å². The highest BCUT2D eigenvalue weighted by Gasteiger charge is 2.30. The molecule has 23 heavy (non-hydrogen) atoms. The molecule has 0 unspecified atom stereocenters. The first-order valence-electron chi connectivity index (χ1n) is 7.81. The Morgan fingerprint density at radius 2 is 2.09 bits per heavy atom. The number of nitrogens with zero attached hydrogens (tertiary/aromatic N) is 2. The van der Waals surface area contributed by atoms with Crippen LogP contribution in [-0.4, -0.2) is 35.3 Å². The van der Waals surface area contributed by atoms with Crippen LogP contribution >= 0.6 is 0 Å². The third-order valence-corrected chi connectivity index (χ3v) is 4.31. The van der Waals surface area contributed by atoms with Gasteiger partial charge in [0.2, 0.25) is 5.91 Å². The Hall–Kier alpha value is -2.21. The minimum atomic E-state index is -0.0189. The van der Waals surface area contributed by atoms with Gasteiger partial charge in [0.05, 0.1) is 31.4 Å². The van der Waals surface area contributed by atoms with E-state index in [4.69, 9.17) is 9.26 Å². The van der Waals surface area contributed by atoms with Gasteiger partial charge in [0.15, 0.2) is 0 Å². The summed E-state index contributed by atoms with van der Waals surface area (Å²) < 4.78 is 10.7. The molecule has 0 radical (unpaired) electrons. The molecule has 1 fully saturated rings. The number of amides is 1. The number of pyridine rings is 1. The number of aryl methyl sites for hydroxylation is 2. The summed E-state index contributed by atoms with van der Waals surface area (Å²) in [5, 5.41) is 6.98. The Balaban J connectivity index is 1.59. The lowest BCUT2D eigenvalue weighted by Crippen LogP contribution is -2.41. The van der Waals surface area contributed by atoms with Crippen LogP contribution in [0.3, 0.4) is 0 Å². The van der Waals surface area contributed by atoms with E-state index in [0.717, 1.165) is 17.7 Å². The van der Waals surface area contributed by atoms with Crippen LogP contribution in [-0.2, 0) is 22.4 Å². The van der Waals surface area contributed by atoms with Crippen molar-refractivity contribution < 1.29 is 14.1 Å². The molecule has 2 aromatic heterocycles. The van der Waals surface area contributed by atoms with Crippen molar-refractivity contribution in [2.24, 2.45) is 5.92 Å². The average molecular weight is 315 g/mol. The molecule has 0 bridgehead atoms. The van der Waals surface area contributed by atoms with Crippen molar-refractivity contribution in [3.8, 4) is 0 Å². The predicted molar refractivity (Wildman–Crippen MR) is 83.9 cm³/mol. The van der Waals surface area contributed by atoms with Gasteiger partial charge in [0.1, 0.15) is 5.76 Å². The minimum absolute atomic E-state index is 0.0189. The number of carbonyl (C=O) groups excluding carboxylic acids is 1. The maximum atomic E-state index is 12.3. The van der Waals surface area contributed by atoms with Crippen LogP contribution in [0.5, 0.6) is 0 Å². The SMILES string of the molecule is Cc1noc(C)c1CC(=O)N[C@@H]1COC[C@H]1Cc1ccncc1. The van der Waals surface area contributed by atoms with Crippen molar-refractivity contribution in [2.75, 3.05) is 13.2 Å². The standard InChI is InChI=1S/C17H21N3O3/c1-11-15(12(2)23-20-11)8-17(21)19-16-10-22-9-14(16)7-13-3-5-18-6-4-13/h3-6,14,16H,7-10H2,1-2H3,(H,19,21)/t14-,16-/m1/s1. The highest BCUT2D eigenvalue weighted by Crippen LogP contribution is 2.19. The van der Waals surface area contributed by atoms with E-state index in [1.165, 1.54) is 5.56 Å². The Bertz CT molecular complexity index is 649. The Kier molecular flexibility index (Phi) is 4.71. The van der Waals surface area contributed by atoms with Crippen LogP contribution < -0.4 is 5.32 Å². The van der Waals surface area contributed by atoms with Gasteiger partial charge in [-0.3, -0.25) is 9.78 Å². The summed E-state index contributed by atoms with van der Waals surface area (Å²) >= 11 is 0. The van der Waals surface area contributed by atoms with Crippen LogP contribution in [0.15, 0.2) is 29.0 Å². The predicted octanol–water partition coefficient (Wildman–Crippen LogP) is 1.60. The molecule has 2 atom stereocenters. The van der Waals surface area contributed by atoms with E-state index >= 15 is 0 Å². The maximum absolute atomic E-state index is 12.3. The van der Waals surface area contributed by atoms with Gasteiger partial charge in [-0.05, 0) is 38.0 Å². The minimum Gasteiger partial charge on any atom is -0.379 e. The molecule has 3 rings (SSSR count). The summed E-state index contributed by atoms with van der Waals surface area (Å²) in [6.45, 7) is 4.90. The van der Waals surface area contributed by atoms with Gasteiger partial charge < -0.3 is 14.6 Å². The van der Waals surface area contributed by atoms with E-state index in [1.54, 1.807) is 12.4 Å². The van der Waals surface area contributed by atoms with Crippen LogP contribution in [0.25, 0.3) is 0 Å². The zero-order valence-corrected chi connectivity index (χ0v) is 13.4. The number of hydrogen-bond donors (Lipinski definition) is 1. The summed E-state index contributed by atoms with van der Waals surface area (Å²) in [5.74, 6) is 0.967. The quantitative estimate of drug-likeness (QED) is 0.907. The first-order valence-corrected chi connectivity index (χ1v) is 7.81. The fourth-order valence-corrected chi connectivity index (χ4v) is 2.95. The molecular formula is C17H21N3O3. The monoisotopic (exact) mass is 315 g/mol. The van der Waals surface area contributed by atoms with Crippen molar-refractivity contribution in [3.05, 3.63) is 47.1 Å². The number of aromatic nitrogens is 2. The first kappa shape index (κ1) is 15.7. The lowest BCUT2D eigenvalue weighted by Gasteiger charge is -2.19. The summed E-state index contributed by atoms with van der Waals surface area (Å²) in [7, 11) is 0. The second kappa shape index (κ2) is 6.91. The molecule has 0 spiro atoms. The van der Waals surface area contributed by atoms with Gasteiger partial charge in [-0.1, -0.05) is 5.16 Å². The highest BCUT2D eigenvalue weighted by molar-refractivity contribution is 5.79. The molecule has 1 N–H and O–H groups in total. The number of nitrogens with one attached hydrogen (secondary N) is 1. The zero-order chi connectivity index (χ0) is 16.2. The maximum Gasteiger partial charge on any atom is 0.224 e. The molecule has 1 aliphatic heterocycles. The summed E-state index contributed by atoms with van der Waals surface area (Å²) in [6.07, 6.45) is 4.74. The molecule has 1 amide bonds. The third kappa shape index (κ3) is 3.76. The molecule has 0 aromatic carbocycles. The van der Waals surface area contributed by atoms with E-state index in [0.29, 0.717) is 25.4 Å². The van der Waals surface area contributed by atoms with Crippen molar-refractivity contribution in [1.29, 1.82) is 0 Å². The van der Waals surface area contributed by atoms with Crippen molar-refractivity contribution in [1.82, 2.24) is 15.5 Å². The van der Waals surface area contributed by atoms with Gasteiger partial charge in [0, 0.05) is 23.9 Å². The molecule has 0 saturated carbocycles. The number of rotatable bonds is 5. The fraction of sp³-hybridized carbons (Fsp3) is 0.471. The average Bonchev–Trinajstić information content (AvgIpc) is 3.10. The smallest absolute Gasteiger partial charge is 0.224 e. The van der Waals surface area contributed by atoms with Crippen molar-refractivity contribution in [2.45, 2.75) is 32.7 Å². The molecule has 6 heteroatoms. The highest BCUT2D eigenvalue weighted by atomic mass is 16.5. The molecular weight excluding hydrogens is 294 g/mol. The number of ether oxygens (including phenoxy) is 1. The lowest BCUT2D eigenvalue weighted by atomic mass is 9.95. The van der Waals surface area contributed by atoms with Gasteiger partial charge in [0.25, 0.3) is 0 Å². The lowest BCUT2D eigenvalue weighted by molar-refractivity contribution is -0.121. The van der Waals surface area contributed by atoms with Crippen LogP contribution in [0, 0.1) is 19.8 Å². The molecule has 3 heterocycles. The zero-order valence-electron chi connectivity index (χ0n) is 13.4. The molecule has 1 aliphatic rings. The second-order valence-electron chi connectivity index (χ2n) is 6.01. The topological polar surface area (TPSA) is 77.2 Å². The Morgan fingerprint density at radius 1 is 1.30 bits per heavy atom. The summed E-state index contributed by atoms with van der Waals surface area (Å²) in [4.78, 5) is 16.4. The molecule has 6 nitrogen and oxygen atoms in total. The molecule has 0 aliphatic carbocycles. The van der Waals surface area contributed by atoms with Gasteiger partial charge >= 0.3 is 0 Å². The van der Waals surface area contributed by atoms with E-state index < -0.39 is 0 Å². The molecule has 122 valence electrons. The van der Waals surface area contributed by atoms with Gasteiger partial charge in [-0.25, -0.2) is 0 Å². The summed E-state index contributed by atoms with van der Waals surface area (Å²) in [6, 6.07) is 4.04. The molecule has 1 saturated heterocycles. The van der Waals surface area contributed by atoms with Crippen molar-refractivity contribution >= 4 is 5.91 Å². The normalized spacial score (nSPS) is 20.6. The van der Waals surface area contributed by atoms with Crippen molar-refractivity contribution in [3.63, 3.8) is 0 Å². The number of carbonyl (C=O) groups is 1. The fourth-order valence-electron chi connectivity index (χ4n) is 2.95. The molecule has 2 aromatic rings. The van der Waals surface area contributed by atoms with E-state index in [9.17, 15) is 4.79 Å².